The average Bonchev–Trinajstić information content (AvgIpc) is 2.96. The first-order valence-corrected chi connectivity index (χ1v) is 10.2. The Kier molecular flexibility index (Phi) is 5.76. The van der Waals surface area contributed by atoms with Gasteiger partial charge in [-0.05, 0) is 31.2 Å². The molecular formula is C17H18ClN3O2S2. The van der Waals surface area contributed by atoms with Crippen molar-refractivity contribution in [2.24, 2.45) is 0 Å². The number of nitrogens with one attached hydrogen (secondary N) is 1. The van der Waals surface area contributed by atoms with Crippen molar-refractivity contribution < 1.29 is 4.79 Å². The molecular weight excluding hydrogens is 378 g/mol. The smallest absolute Gasteiger partial charge is 0.268 e. The molecule has 2 heterocycles. The van der Waals surface area contributed by atoms with Gasteiger partial charge >= 0.3 is 0 Å². The number of carbonyl (C=O) groups excluding carboxylic acids is 1. The molecule has 0 saturated carbocycles. The van der Waals surface area contributed by atoms with E-state index in [1.165, 1.54) is 11.8 Å². The van der Waals surface area contributed by atoms with E-state index in [9.17, 15) is 9.59 Å². The molecule has 1 amide bonds. The highest BCUT2D eigenvalue weighted by Crippen LogP contribution is 2.34. The topological polar surface area (TPSA) is 64.0 Å². The van der Waals surface area contributed by atoms with Crippen LogP contribution in [0, 0.1) is 0 Å². The third kappa shape index (κ3) is 4.22. The second kappa shape index (κ2) is 7.85. The van der Waals surface area contributed by atoms with Crippen LogP contribution in [0.15, 0.2) is 39.1 Å². The maximum atomic E-state index is 12.6. The van der Waals surface area contributed by atoms with Gasteiger partial charge in [0.25, 0.3) is 5.56 Å². The highest BCUT2D eigenvalue weighted by atomic mass is 35.5. The number of anilines is 1. The second-order valence-corrected chi connectivity index (χ2v) is 8.52. The number of nitrogens with zero attached hydrogens (tertiary/aromatic N) is 2. The Hall–Kier alpha value is -1.44. The van der Waals surface area contributed by atoms with Crippen LogP contribution in [-0.4, -0.2) is 26.5 Å². The fourth-order valence-corrected chi connectivity index (χ4v) is 4.70. The normalized spacial score (nSPS) is 15.9. The van der Waals surface area contributed by atoms with E-state index >= 15 is 0 Å². The van der Waals surface area contributed by atoms with Crippen molar-refractivity contribution in [1.82, 2.24) is 9.55 Å². The minimum Gasteiger partial charge on any atom is -0.325 e. The Morgan fingerprint density at radius 3 is 2.84 bits per heavy atom. The first kappa shape index (κ1) is 18.4. The summed E-state index contributed by atoms with van der Waals surface area (Å²) < 4.78 is 1.64. The molecule has 1 aliphatic heterocycles. The number of amides is 1. The van der Waals surface area contributed by atoms with Crippen LogP contribution in [0.4, 0.5) is 5.69 Å². The summed E-state index contributed by atoms with van der Waals surface area (Å²) in [5, 5.41) is 4.41. The number of hydrogen-bond donors (Lipinski definition) is 1. The molecule has 1 aromatic heterocycles. The zero-order valence-electron chi connectivity index (χ0n) is 13.9. The van der Waals surface area contributed by atoms with Gasteiger partial charge in [-0.25, -0.2) is 4.98 Å². The van der Waals surface area contributed by atoms with E-state index in [-0.39, 0.29) is 17.2 Å². The molecule has 1 aliphatic rings. The summed E-state index contributed by atoms with van der Waals surface area (Å²) in [4.78, 5) is 30.1. The molecule has 8 heteroatoms. The van der Waals surface area contributed by atoms with Crippen LogP contribution in [0.2, 0.25) is 5.02 Å². The molecule has 0 fully saturated rings. The van der Waals surface area contributed by atoms with Gasteiger partial charge in [-0.15, -0.1) is 11.8 Å². The number of halogens is 1. The van der Waals surface area contributed by atoms with Gasteiger partial charge in [0.2, 0.25) is 5.91 Å². The van der Waals surface area contributed by atoms with Gasteiger partial charge < -0.3 is 5.32 Å². The number of carbonyl (C=O) groups is 1. The molecule has 0 aliphatic carbocycles. The molecule has 132 valence electrons. The lowest BCUT2D eigenvalue weighted by Gasteiger charge is -2.11. The van der Waals surface area contributed by atoms with Crippen LogP contribution in [0.3, 0.4) is 0 Å². The van der Waals surface area contributed by atoms with E-state index in [4.69, 9.17) is 11.6 Å². The molecule has 2 aromatic rings. The fraction of sp³-hybridized carbons (Fsp3) is 0.353. The summed E-state index contributed by atoms with van der Waals surface area (Å²) in [6.45, 7) is 4.54. The van der Waals surface area contributed by atoms with Crippen LogP contribution in [-0.2, 0) is 17.8 Å². The SMILES string of the molecule is CCn1c(SCC(=O)Nc2ccc(Cl)cc2)nc2c(c1=O)S[C@@H](C)C2. The Balaban J connectivity index is 1.71. The van der Waals surface area contributed by atoms with Gasteiger partial charge in [-0.2, -0.15) is 0 Å². The summed E-state index contributed by atoms with van der Waals surface area (Å²) in [5.74, 6) is 0.0452. The van der Waals surface area contributed by atoms with E-state index < -0.39 is 0 Å². The zero-order valence-corrected chi connectivity index (χ0v) is 16.3. The molecule has 1 atom stereocenters. The number of rotatable bonds is 5. The van der Waals surface area contributed by atoms with Gasteiger partial charge in [0.05, 0.1) is 16.3 Å². The summed E-state index contributed by atoms with van der Waals surface area (Å²) in [6, 6.07) is 6.94. The minimum absolute atomic E-state index is 0.00228. The molecule has 0 bridgehead atoms. The van der Waals surface area contributed by atoms with Crippen LogP contribution in [0.25, 0.3) is 0 Å². The van der Waals surface area contributed by atoms with Crippen LogP contribution >= 0.6 is 35.1 Å². The largest absolute Gasteiger partial charge is 0.325 e. The van der Waals surface area contributed by atoms with E-state index in [1.54, 1.807) is 40.6 Å². The molecule has 0 unspecified atom stereocenters. The molecule has 25 heavy (non-hydrogen) atoms. The first-order chi connectivity index (χ1) is 12.0. The molecule has 3 rings (SSSR count). The third-order valence-corrected chi connectivity index (χ3v) is 6.18. The third-order valence-electron chi connectivity index (χ3n) is 3.74. The lowest BCUT2D eigenvalue weighted by molar-refractivity contribution is -0.113. The van der Waals surface area contributed by atoms with Crippen LogP contribution in [0.5, 0.6) is 0 Å². The summed E-state index contributed by atoms with van der Waals surface area (Å²) in [5.41, 5.74) is 1.55. The number of benzene rings is 1. The molecule has 0 saturated heterocycles. The van der Waals surface area contributed by atoms with Crippen LogP contribution in [0.1, 0.15) is 19.5 Å². The number of hydrogen-bond acceptors (Lipinski definition) is 5. The lowest BCUT2D eigenvalue weighted by Crippen LogP contribution is -2.25. The molecule has 0 spiro atoms. The van der Waals surface area contributed by atoms with E-state index in [1.807, 2.05) is 6.92 Å². The van der Waals surface area contributed by atoms with Crippen molar-refractivity contribution in [2.45, 2.75) is 42.1 Å². The van der Waals surface area contributed by atoms with E-state index in [0.717, 1.165) is 17.0 Å². The van der Waals surface area contributed by atoms with Crippen molar-refractivity contribution in [3.05, 3.63) is 45.3 Å². The number of fused-ring (bicyclic) bond motifs is 1. The molecule has 1 N–H and O–H groups in total. The highest BCUT2D eigenvalue weighted by molar-refractivity contribution is 8.00. The predicted molar refractivity (Wildman–Crippen MR) is 104 cm³/mol. The summed E-state index contributed by atoms with van der Waals surface area (Å²) >= 11 is 8.71. The predicted octanol–water partition coefficient (Wildman–Crippen LogP) is 3.68. The van der Waals surface area contributed by atoms with Gasteiger partial charge in [-0.1, -0.05) is 30.3 Å². The van der Waals surface area contributed by atoms with Crippen molar-refractivity contribution >= 4 is 46.7 Å². The van der Waals surface area contributed by atoms with Crippen molar-refractivity contribution in [3.63, 3.8) is 0 Å². The first-order valence-electron chi connectivity index (χ1n) is 7.96. The van der Waals surface area contributed by atoms with Crippen molar-refractivity contribution in [2.75, 3.05) is 11.1 Å². The van der Waals surface area contributed by atoms with Crippen LogP contribution < -0.4 is 10.9 Å². The highest BCUT2D eigenvalue weighted by Gasteiger charge is 2.26. The van der Waals surface area contributed by atoms with Gasteiger partial charge in [0.15, 0.2) is 5.16 Å². The average molecular weight is 396 g/mol. The fourth-order valence-electron chi connectivity index (χ4n) is 2.58. The van der Waals surface area contributed by atoms with Gasteiger partial charge in [-0.3, -0.25) is 14.2 Å². The lowest BCUT2D eigenvalue weighted by atomic mass is 10.2. The monoisotopic (exact) mass is 395 g/mol. The van der Waals surface area contributed by atoms with Crippen molar-refractivity contribution in [3.8, 4) is 0 Å². The quantitative estimate of drug-likeness (QED) is 0.618. The Morgan fingerprint density at radius 2 is 2.16 bits per heavy atom. The molecule has 0 radical (unpaired) electrons. The Bertz CT molecular complexity index is 852. The van der Waals surface area contributed by atoms with Gasteiger partial charge in [0, 0.05) is 28.9 Å². The second-order valence-electron chi connectivity index (χ2n) is 5.70. The molecule has 1 aromatic carbocycles. The Morgan fingerprint density at radius 1 is 1.44 bits per heavy atom. The summed E-state index contributed by atoms with van der Waals surface area (Å²) in [6.07, 6.45) is 0.796. The minimum atomic E-state index is -0.146. The van der Waals surface area contributed by atoms with Crippen molar-refractivity contribution in [1.29, 1.82) is 0 Å². The Labute approximate surface area is 159 Å². The molecule has 5 nitrogen and oxygen atoms in total. The standard InChI is InChI=1S/C17H18ClN3O2S2/c1-3-21-16(23)15-13(8-10(2)25-15)20-17(21)24-9-14(22)19-12-6-4-11(18)5-7-12/h4-7,10H,3,8-9H2,1-2H3,(H,19,22)/t10-/m0/s1. The maximum Gasteiger partial charge on any atom is 0.268 e. The van der Waals surface area contributed by atoms with E-state index in [0.29, 0.717) is 27.7 Å². The van der Waals surface area contributed by atoms with E-state index in [2.05, 4.69) is 17.2 Å². The maximum absolute atomic E-state index is 12.6. The zero-order chi connectivity index (χ0) is 18.0. The number of thioether (sulfide) groups is 2. The number of aromatic nitrogens is 2. The van der Waals surface area contributed by atoms with Gasteiger partial charge in [0.1, 0.15) is 0 Å². The summed E-state index contributed by atoms with van der Waals surface area (Å²) in [7, 11) is 0.